The van der Waals surface area contributed by atoms with Crippen molar-refractivity contribution in [1.82, 2.24) is 0 Å². The summed E-state index contributed by atoms with van der Waals surface area (Å²) in [4.78, 5) is 0. The second-order valence-corrected chi connectivity index (χ2v) is 7.21. The topological polar surface area (TPSA) is 27.7 Å². The standard InChI is InChI=1S/C10H24O3SSi/c1-5-7-8-9-10(14)13-15(6-2,11-3)12-4/h10,14H,5-9H2,1-4H3. The number of rotatable bonds is 9. The van der Waals surface area contributed by atoms with Crippen LogP contribution >= 0.6 is 12.6 Å². The van der Waals surface area contributed by atoms with Gasteiger partial charge in [0.05, 0.1) is 5.44 Å². The van der Waals surface area contributed by atoms with Gasteiger partial charge in [0.2, 0.25) is 0 Å². The van der Waals surface area contributed by atoms with E-state index in [4.69, 9.17) is 13.3 Å². The summed E-state index contributed by atoms with van der Waals surface area (Å²) in [5, 5.41) is 0. The van der Waals surface area contributed by atoms with E-state index in [9.17, 15) is 0 Å². The summed E-state index contributed by atoms with van der Waals surface area (Å²) in [5.41, 5.74) is -0.0666. The Kier molecular flexibility index (Phi) is 8.84. The first kappa shape index (κ1) is 15.4. The lowest BCUT2D eigenvalue weighted by Crippen LogP contribution is -2.45. The smallest absolute Gasteiger partial charge is 0.377 e. The van der Waals surface area contributed by atoms with Crippen LogP contribution in [0, 0.1) is 0 Å². The van der Waals surface area contributed by atoms with Gasteiger partial charge in [0.1, 0.15) is 0 Å². The second kappa shape index (κ2) is 8.58. The summed E-state index contributed by atoms with van der Waals surface area (Å²) in [6.45, 7) is 4.20. The van der Waals surface area contributed by atoms with E-state index in [0.29, 0.717) is 0 Å². The van der Waals surface area contributed by atoms with Crippen LogP contribution in [0.15, 0.2) is 0 Å². The molecule has 15 heavy (non-hydrogen) atoms. The fourth-order valence-electron chi connectivity index (χ4n) is 1.39. The van der Waals surface area contributed by atoms with E-state index in [2.05, 4.69) is 19.6 Å². The van der Waals surface area contributed by atoms with Crippen LogP contribution < -0.4 is 0 Å². The third kappa shape index (κ3) is 5.92. The largest absolute Gasteiger partial charge is 0.500 e. The molecule has 0 spiro atoms. The summed E-state index contributed by atoms with van der Waals surface area (Å²) in [6.07, 6.45) is 4.54. The van der Waals surface area contributed by atoms with Gasteiger partial charge in [-0.15, -0.1) is 12.6 Å². The Hall–Kier alpha value is 0.447. The molecule has 1 unspecified atom stereocenters. The molecular weight excluding hydrogens is 228 g/mol. The maximum atomic E-state index is 5.79. The molecule has 0 N–H and O–H groups in total. The van der Waals surface area contributed by atoms with Gasteiger partial charge in [-0.05, 0) is 6.42 Å². The highest BCUT2D eigenvalue weighted by Gasteiger charge is 2.38. The summed E-state index contributed by atoms with van der Waals surface area (Å²) in [5.74, 6) is 0. The quantitative estimate of drug-likeness (QED) is 0.296. The predicted octanol–water partition coefficient (Wildman–Crippen LogP) is 3.09. The highest BCUT2D eigenvalue weighted by atomic mass is 32.1. The van der Waals surface area contributed by atoms with Crippen LogP contribution in [0.2, 0.25) is 6.04 Å². The maximum absolute atomic E-state index is 5.79. The van der Waals surface area contributed by atoms with Gasteiger partial charge in [-0.3, -0.25) is 0 Å². The molecule has 0 aromatic carbocycles. The Morgan fingerprint density at radius 2 is 1.73 bits per heavy atom. The highest BCUT2D eigenvalue weighted by molar-refractivity contribution is 7.80. The number of unbranched alkanes of at least 4 members (excludes halogenated alkanes) is 2. The normalized spacial score (nSPS) is 14.2. The first-order chi connectivity index (χ1) is 7.14. The lowest BCUT2D eigenvalue weighted by atomic mass is 10.2. The van der Waals surface area contributed by atoms with E-state index in [1.54, 1.807) is 14.2 Å². The molecule has 0 aromatic rings. The minimum Gasteiger partial charge on any atom is -0.377 e. The van der Waals surface area contributed by atoms with Crippen molar-refractivity contribution in [3.63, 3.8) is 0 Å². The van der Waals surface area contributed by atoms with Gasteiger partial charge in [-0.25, -0.2) is 0 Å². The molecule has 0 aliphatic heterocycles. The molecule has 1 atom stereocenters. The first-order valence-electron chi connectivity index (χ1n) is 5.60. The summed E-state index contributed by atoms with van der Waals surface area (Å²) < 4.78 is 16.5. The average Bonchev–Trinajstić information content (AvgIpc) is 2.26. The van der Waals surface area contributed by atoms with E-state index in [1.165, 1.54) is 12.8 Å². The van der Waals surface area contributed by atoms with Gasteiger partial charge in [0, 0.05) is 20.3 Å². The van der Waals surface area contributed by atoms with E-state index >= 15 is 0 Å². The molecule has 0 aliphatic rings. The first-order valence-corrected chi connectivity index (χ1v) is 8.05. The Labute approximate surface area is 100 Å². The zero-order valence-corrected chi connectivity index (χ0v) is 12.2. The minimum absolute atomic E-state index is 0.0666. The van der Waals surface area contributed by atoms with Crippen molar-refractivity contribution in [1.29, 1.82) is 0 Å². The SMILES string of the molecule is CCCCCC(S)O[Si](CC)(OC)OC. The highest BCUT2D eigenvalue weighted by Crippen LogP contribution is 2.20. The van der Waals surface area contributed by atoms with Crippen LogP contribution in [0.3, 0.4) is 0 Å². The lowest BCUT2D eigenvalue weighted by molar-refractivity contribution is 0.0861. The fourth-order valence-corrected chi connectivity index (χ4v) is 3.69. The van der Waals surface area contributed by atoms with Gasteiger partial charge < -0.3 is 13.3 Å². The summed E-state index contributed by atoms with van der Waals surface area (Å²) >= 11 is 4.41. The van der Waals surface area contributed by atoms with Crippen LogP contribution in [0.4, 0.5) is 0 Å². The van der Waals surface area contributed by atoms with Crippen molar-refractivity contribution in [2.24, 2.45) is 0 Å². The van der Waals surface area contributed by atoms with Gasteiger partial charge in [0.15, 0.2) is 0 Å². The van der Waals surface area contributed by atoms with Crippen molar-refractivity contribution < 1.29 is 13.3 Å². The van der Waals surface area contributed by atoms with Crippen LogP contribution in [-0.2, 0) is 13.3 Å². The third-order valence-corrected chi connectivity index (χ3v) is 5.74. The monoisotopic (exact) mass is 252 g/mol. The molecular formula is C10H24O3SSi. The van der Waals surface area contributed by atoms with Gasteiger partial charge >= 0.3 is 8.80 Å². The predicted molar refractivity (Wildman–Crippen MR) is 68.3 cm³/mol. The van der Waals surface area contributed by atoms with Gasteiger partial charge in [-0.1, -0.05) is 33.1 Å². The zero-order valence-electron chi connectivity index (χ0n) is 10.3. The minimum atomic E-state index is -2.42. The molecule has 3 nitrogen and oxygen atoms in total. The molecule has 0 amide bonds. The molecule has 0 rings (SSSR count). The van der Waals surface area contributed by atoms with Crippen LogP contribution in [0.5, 0.6) is 0 Å². The van der Waals surface area contributed by atoms with Crippen molar-refractivity contribution in [3.05, 3.63) is 0 Å². The van der Waals surface area contributed by atoms with Crippen LogP contribution in [0.1, 0.15) is 39.5 Å². The van der Waals surface area contributed by atoms with Crippen LogP contribution in [0.25, 0.3) is 0 Å². The Morgan fingerprint density at radius 3 is 2.13 bits per heavy atom. The summed E-state index contributed by atoms with van der Waals surface area (Å²) in [7, 11) is 0.872. The number of hydrogen-bond donors (Lipinski definition) is 1. The Morgan fingerprint density at radius 1 is 1.13 bits per heavy atom. The fraction of sp³-hybridized carbons (Fsp3) is 1.00. The second-order valence-electron chi connectivity index (χ2n) is 3.51. The molecule has 0 saturated carbocycles. The van der Waals surface area contributed by atoms with E-state index in [-0.39, 0.29) is 5.44 Å². The molecule has 0 aromatic heterocycles. The van der Waals surface area contributed by atoms with Gasteiger partial charge in [-0.2, -0.15) is 0 Å². The molecule has 0 fully saturated rings. The van der Waals surface area contributed by atoms with E-state index < -0.39 is 8.80 Å². The number of thiol groups is 1. The van der Waals surface area contributed by atoms with E-state index in [0.717, 1.165) is 18.9 Å². The molecule has 0 bridgehead atoms. The zero-order chi connectivity index (χ0) is 11.7. The molecule has 0 aliphatic carbocycles. The Bertz CT molecular complexity index is 145. The summed E-state index contributed by atoms with van der Waals surface area (Å²) in [6, 6.07) is 0.783. The average molecular weight is 252 g/mol. The number of hydrogen-bond acceptors (Lipinski definition) is 4. The maximum Gasteiger partial charge on any atom is 0.500 e. The van der Waals surface area contributed by atoms with Crippen molar-refractivity contribution in [2.75, 3.05) is 14.2 Å². The molecule has 0 heterocycles. The lowest BCUT2D eigenvalue weighted by Gasteiger charge is -2.28. The molecule has 0 radical (unpaired) electrons. The van der Waals surface area contributed by atoms with Gasteiger partial charge in [0.25, 0.3) is 0 Å². The van der Waals surface area contributed by atoms with Crippen molar-refractivity contribution >= 4 is 21.4 Å². The van der Waals surface area contributed by atoms with E-state index in [1.807, 2.05) is 6.92 Å². The van der Waals surface area contributed by atoms with Crippen LogP contribution in [-0.4, -0.2) is 28.5 Å². The molecule has 92 valence electrons. The van der Waals surface area contributed by atoms with Crippen molar-refractivity contribution in [3.8, 4) is 0 Å². The Balaban J connectivity index is 3.94. The third-order valence-electron chi connectivity index (χ3n) is 2.43. The molecule has 0 saturated heterocycles. The van der Waals surface area contributed by atoms with Crippen molar-refractivity contribution in [2.45, 2.75) is 51.0 Å². The molecule has 5 heteroatoms.